The van der Waals surface area contributed by atoms with Crippen LogP contribution in [-0.4, -0.2) is 90.1 Å². The summed E-state index contributed by atoms with van der Waals surface area (Å²) in [6.07, 6.45) is 1.81. The van der Waals surface area contributed by atoms with Crippen LogP contribution in [-0.2, 0) is 0 Å². The number of aromatic nitrogens is 2. The van der Waals surface area contributed by atoms with E-state index in [0.29, 0.717) is 37.9 Å². The van der Waals surface area contributed by atoms with Crippen LogP contribution < -0.4 is 20.9 Å². The smallest absolute Gasteiger partial charge is 0.321 e. The molecule has 3 amide bonds. The van der Waals surface area contributed by atoms with Gasteiger partial charge in [0.05, 0.1) is 5.69 Å². The second-order valence-corrected chi connectivity index (χ2v) is 9.61. The van der Waals surface area contributed by atoms with E-state index in [1.807, 2.05) is 47.5 Å². The molecular formula is C26H34N8O2. The highest BCUT2D eigenvalue weighted by atomic mass is 16.2. The van der Waals surface area contributed by atoms with Gasteiger partial charge in [-0.15, -0.1) is 0 Å². The Morgan fingerprint density at radius 3 is 2.50 bits per heavy atom. The van der Waals surface area contributed by atoms with E-state index in [1.165, 1.54) is 0 Å². The molecule has 0 unspecified atom stereocenters. The number of amides is 3. The number of nitrogens with zero attached hydrogens (tertiary/aromatic N) is 4. The van der Waals surface area contributed by atoms with Gasteiger partial charge in [-0.2, -0.15) is 0 Å². The van der Waals surface area contributed by atoms with Crippen molar-refractivity contribution >= 4 is 40.0 Å². The monoisotopic (exact) mass is 490 g/mol. The number of H-pyrrole nitrogens is 1. The summed E-state index contributed by atoms with van der Waals surface area (Å²) in [6.45, 7) is 9.91. The number of anilines is 3. The molecule has 190 valence electrons. The van der Waals surface area contributed by atoms with E-state index in [1.54, 1.807) is 4.90 Å². The number of carbonyl (C=O) groups is 2. The first kappa shape index (κ1) is 23.9. The number of hydrogen-bond donors (Lipinski definition) is 4. The minimum atomic E-state index is -0.0970. The molecule has 0 aliphatic carbocycles. The molecule has 10 nitrogen and oxygen atoms in total. The fourth-order valence-corrected chi connectivity index (χ4v) is 4.76. The molecule has 0 spiro atoms. The Morgan fingerprint density at radius 2 is 1.75 bits per heavy atom. The summed E-state index contributed by atoms with van der Waals surface area (Å²) in [7, 11) is 0. The van der Waals surface area contributed by atoms with Crippen molar-refractivity contribution in [2.24, 2.45) is 0 Å². The molecule has 2 fully saturated rings. The van der Waals surface area contributed by atoms with Crippen LogP contribution in [0.5, 0.6) is 0 Å². The maximum absolute atomic E-state index is 13.3. The van der Waals surface area contributed by atoms with Gasteiger partial charge in [-0.1, -0.05) is 0 Å². The molecule has 36 heavy (non-hydrogen) atoms. The Bertz CT molecular complexity index is 1230. The molecule has 2 aliphatic rings. The van der Waals surface area contributed by atoms with Crippen LogP contribution in [0.4, 0.5) is 22.0 Å². The zero-order chi connectivity index (χ0) is 25.1. The van der Waals surface area contributed by atoms with Crippen LogP contribution in [0.2, 0.25) is 0 Å². The molecule has 0 bridgehead atoms. The maximum Gasteiger partial charge on any atom is 0.321 e. The van der Waals surface area contributed by atoms with Crippen LogP contribution in [0.25, 0.3) is 10.9 Å². The topological polar surface area (TPSA) is 109 Å². The van der Waals surface area contributed by atoms with E-state index in [2.05, 4.69) is 44.7 Å². The average molecular weight is 491 g/mol. The minimum absolute atomic E-state index is 0.0150. The van der Waals surface area contributed by atoms with Gasteiger partial charge in [-0.3, -0.25) is 4.79 Å². The Balaban J connectivity index is 1.22. The maximum atomic E-state index is 13.3. The zero-order valence-electron chi connectivity index (χ0n) is 20.9. The molecule has 0 atom stereocenters. The first-order valence-corrected chi connectivity index (χ1v) is 12.6. The van der Waals surface area contributed by atoms with Gasteiger partial charge in [-0.25, -0.2) is 9.78 Å². The number of aromatic amines is 1. The number of urea groups is 1. The lowest BCUT2D eigenvalue weighted by molar-refractivity contribution is 0.0741. The fourth-order valence-electron chi connectivity index (χ4n) is 4.76. The summed E-state index contributed by atoms with van der Waals surface area (Å²) in [5.41, 5.74) is 3.17. The number of pyridine rings is 1. The van der Waals surface area contributed by atoms with Gasteiger partial charge in [0.25, 0.3) is 5.91 Å². The van der Waals surface area contributed by atoms with Crippen molar-refractivity contribution in [1.29, 1.82) is 0 Å². The molecular weight excluding hydrogens is 456 g/mol. The summed E-state index contributed by atoms with van der Waals surface area (Å²) < 4.78 is 0. The molecule has 4 N–H and O–H groups in total. The second-order valence-electron chi connectivity index (χ2n) is 9.61. The van der Waals surface area contributed by atoms with Crippen molar-refractivity contribution in [2.75, 3.05) is 67.9 Å². The Hall–Kier alpha value is -3.79. The first-order valence-electron chi connectivity index (χ1n) is 12.6. The summed E-state index contributed by atoms with van der Waals surface area (Å²) in [5, 5.41) is 10.6. The first-order chi connectivity index (χ1) is 17.5. The van der Waals surface area contributed by atoms with E-state index in [0.717, 1.165) is 54.3 Å². The third-order valence-electron chi connectivity index (χ3n) is 6.60. The van der Waals surface area contributed by atoms with Gasteiger partial charge in [0.15, 0.2) is 5.82 Å². The summed E-state index contributed by atoms with van der Waals surface area (Å²) in [6, 6.07) is 11.7. The molecule has 2 aliphatic heterocycles. The van der Waals surface area contributed by atoms with Gasteiger partial charge in [0, 0.05) is 81.2 Å². The van der Waals surface area contributed by atoms with E-state index in [9.17, 15) is 9.59 Å². The van der Waals surface area contributed by atoms with Crippen molar-refractivity contribution in [2.45, 2.75) is 19.9 Å². The van der Waals surface area contributed by atoms with Crippen molar-refractivity contribution in [3.63, 3.8) is 0 Å². The van der Waals surface area contributed by atoms with Crippen LogP contribution >= 0.6 is 0 Å². The highest BCUT2D eigenvalue weighted by Crippen LogP contribution is 2.26. The highest BCUT2D eigenvalue weighted by molar-refractivity contribution is 6.00. The normalized spacial score (nSPS) is 16.5. The molecule has 1 aromatic carbocycles. The lowest BCUT2D eigenvalue weighted by Crippen LogP contribution is -2.49. The minimum Gasteiger partial charge on any atom is -0.380 e. The predicted molar refractivity (Wildman–Crippen MR) is 143 cm³/mol. The number of hydrogen-bond acceptors (Lipinski definition) is 6. The van der Waals surface area contributed by atoms with E-state index in [4.69, 9.17) is 0 Å². The van der Waals surface area contributed by atoms with Crippen LogP contribution in [0.15, 0.2) is 42.6 Å². The van der Waals surface area contributed by atoms with E-state index < -0.39 is 0 Å². The number of piperazine rings is 2. The van der Waals surface area contributed by atoms with E-state index >= 15 is 0 Å². The van der Waals surface area contributed by atoms with Gasteiger partial charge < -0.3 is 35.6 Å². The van der Waals surface area contributed by atoms with Crippen LogP contribution in [0.1, 0.15) is 24.3 Å². The third-order valence-corrected chi connectivity index (χ3v) is 6.60. The Morgan fingerprint density at radius 1 is 0.972 bits per heavy atom. The predicted octanol–water partition coefficient (Wildman–Crippen LogP) is 2.78. The third kappa shape index (κ3) is 5.23. The van der Waals surface area contributed by atoms with Crippen molar-refractivity contribution in [1.82, 2.24) is 25.1 Å². The summed E-state index contributed by atoms with van der Waals surface area (Å²) >= 11 is 0. The van der Waals surface area contributed by atoms with Crippen molar-refractivity contribution in [3.8, 4) is 0 Å². The summed E-state index contributed by atoms with van der Waals surface area (Å²) in [4.78, 5) is 39.5. The Kier molecular flexibility index (Phi) is 6.95. The van der Waals surface area contributed by atoms with Crippen molar-refractivity contribution < 1.29 is 9.59 Å². The number of nitrogens with one attached hydrogen (secondary N) is 4. The number of fused-ring (bicyclic) bond motifs is 1. The molecule has 2 aromatic heterocycles. The lowest BCUT2D eigenvalue weighted by Gasteiger charge is -2.36. The largest absolute Gasteiger partial charge is 0.380 e. The Labute approximate surface area is 211 Å². The van der Waals surface area contributed by atoms with Crippen LogP contribution in [0, 0.1) is 0 Å². The van der Waals surface area contributed by atoms with E-state index in [-0.39, 0.29) is 11.9 Å². The van der Waals surface area contributed by atoms with Gasteiger partial charge >= 0.3 is 6.03 Å². The number of benzene rings is 1. The zero-order valence-corrected chi connectivity index (χ0v) is 20.9. The lowest BCUT2D eigenvalue weighted by atomic mass is 10.2. The molecule has 0 saturated carbocycles. The number of rotatable bonds is 5. The van der Waals surface area contributed by atoms with Gasteiger partial charge in [0.2, 0.25) is 0 Å². The second kappa shape index (κ2) is 10.4. The standard InChI is InChI=1S/C26H34N8O2/c1-18(2)29-22-4-3-7-28-24(22)32-12-14-33(15-13-32)25(35)23-17-19-16-20(5-6-21(19)31-23)30-26(36)34-10-8-27-9-11-34/h3-7,16-18,27,29,31H,8-15H2,1-2H3,(H,30,36). The molecule has 0 radical (unpaired) electrons. The van der Waals surface area contributed by atoms with Gasteiger partial charge in [0.1, 0.15) is 5.69 Å². The molecule has 4 heterocycles. The molecule has 2 saturated heterocycles. The van der Waals surface area contributed by atoms with Crippen molar-refractivity contribution in [3.05, 3.63) is 48.3 Å². The average Bonchev–Trinajstić information content (AvgIpc) is 3.32. The quantitative estimate of drug-likeness (QED) is 0.438. The van der Waals surface area contributed by atoms with Gasteiger partial charge in [-0.05, 0) is 50.2 Å². The molecule has 10 heteroatoms. The van der Waals surface area contributed by atoms with Crippen LogP contribution in [0.3, 0.4) is 0 Å². The number of carbonyl (C=O) groups excluding carboxylic acids is 2. The molecule has 5 rings (SSSR count). The summed E-state index contributed by atoms with van der Waals surface area (Å²) in [5.74, 6) is 0.915. The fraction of sp³-hybridized carbons (Fsp3) is 0.423. The molecule has 3 aromatic rings. The SMILES string of the molecule is CC(C)Nc1cccnc1N1CCN(C(=O)c2cc3cc(NC(=O)N4CCNCC4)ccc3[nH]2)CC1. The highest BCUT2D eigenvalue weighted by Gasteiger charge is 2.25.